The highest BCUT2D eigenvalue weighted by Crippen LogP contribution is 2.35. The molecule has 0 saturated carbocycles. The molecule has 4 aromatic rings. The monoisotopic (exact) mass is 438 g/mol. The first-order chi connectivity index (χ1) is 16.1. The van der Waals surface area contributed by atoms with Gasteiger partial charge in [0.15, 0.2) is 11.6 Å². The van der Waals surface area contributed by atoms with Gasteiger partial charge in [-0.15, -0.1) is 0 Å². The maximum absolute atomic E-state index is 13.0. The Balaban J connectivity index is 1.42. The lowest BCUT2D eigenvalue weighted by molar-refractivity contribution is 0.0712. The van der Waals surface area contributed by atoms with Gasteiger partial charge in [-0.25, -0.2) is 9.97 Å². The minimum absolute atomic E-state index is 0.0900. The molecule has 0 spiro atoms. The third-order valence-corrected chi connectivity index (χ3v) is 6.21. The average molecular weight is 439 g/mol. The summed E-state index contributed by atoms with van der Waals surface area (Å²) in [5, 5.41) is 4.05. The van der Waals surface area contributed by atoms with Gasteiger partial charge in [0, 0.05) is 42.4 Å². The number of aromatic nitrogens is 3. The van der Waals surface area contributed by atoms with Gasteiger partial charge in [-0.3, -0.25) is 4.79 Å². The lowest BCUT2D eigenvalue weighted by Gasteiger charge is -2.32. The van der Waals surface area contributed by atoms with E-state index < -0.39 is 0 Å². The molecular formula is C27H26N4O2. The van der Waals surface area contributed by atoms with Gasteiger partial charge in [0.25, 0.3) is 5.91 Å². The average Bonchev–Trinajstić information content (AvgIpc) is 3.30. The Labute approximate surface area is 193 Å². The second-order valence-corrected chi connectivity index (χ2v) is 8.62. The van der Waals surface area contributed by atoms with Crippen LogP contribution >= 0.6 is 0 Å². The number of aryl methyl sites for hydroxylation is 2. The molecule has 1 saturated heterocycles. The lowest BCUT2D eigenvalue weighted by atomic mass is 9.89. The van der Waals surface area contributed by atoms with Crippen LogP contribution in [0.4, 0.5) is 0 Å². The number of benzene rings is 2. The summed E-state index contributed by atoms with van der Waals surface area (Å²) in [5.74, 6) is 1.68. The lowest BCUT2D eigenvalue weighted by Crippen LogP contribution is -2.38. The van der Waals surface area contributed by atoms with Crippen LogP contribution in [0.15, 0.2) is 71.4 Å². The fraction of sp³-hybridized carbons (Fsp3) is 0.259. The predicted molar refractivity (Wildman–Crippen MR) is 127 cm³/mol. The normalized spacial score (nSPS) is 14.4. The largest absolute Gasteiger partial charge is 0.356 e. The second-order valence-electron chi connectivity index (χ2n) is 8.62. The zero-order chi connectivity index (χ0) is 22.8. The van der Waals surface area contributed by atoms with E-state index in [1.54, 1.807) is 0 Å². The van der Waals surface area contributed by atoms with E-state index in [0.717, 1.165) is 46.5 Å². The van der Waals surface area contributed by atoms with Crippen molar-refractivity contribution in [1.29, 1.82) is 0 Å². The van der Waals surface area contributed by atoms with Crippen molar-refractivity contribution in [3.05, 3.63) is 89.4 Å². The molecule has 6 nitrogen and oxygen atoms in total. The molecule has 1 amide bonds. The van der Waals surface area contributed by atoms with Crippen molar-refractivity contribution in [2.24, 2.45) is 0 Å². The van der Waals surface area contributed by atoms with Crippen molar-refractivity contribution in [1.82, 2.24) is 20.0 Å². The highest BCUT2D eigenvalue weighted by atomic mass is 16.5. The molecule has 0 aliphatic carbocycles. The first kappa shape index (κ1) is 21.1. The van der Waals surface area contributed by atoms with E-state index in [0.29, 0.717) is 24.7 Å². The molecule has 1 aliphatic heterocycles. The Morgan fingerprint density at radius 3 is 2.39 bits per heavy atom. The van der Waals surface area contributed by atoms with Crippen molar-refractivity contribution in [3.63, 3.8) is 0 Å². The van der Waals surface area contributed by atoms with E-state index in [-0.39, 0.29) is 11.8 Å². The molecule has 6 heteroatoms. The van der Waals surface area contributed by atoms with Gasteiger partial charge in [0.2, 0.25) is 0 Å². The van der Waals surface area contributed by atoms with Crippen molar-refractivity contribution >= 4 is 5.91 Å². The van der Waals surface area contributed by atoms with E-state index in [1.165, 1.54) is 0 Å². The molecule has 0 bridgehead atoms. The second kappa shape index (κ2) is 8.98. The number of carbonyl (C=O) groups excluding carboxylic acids is 1. The number of carbonyl (C=O) groups is 1. The topological polar surface area (TPSA) is 72.1 Å². The smallest absolute Gasteiger partial charge is 0.253 e. The Morgan fingerprint density at radius 2 is 1.73 bits per heavy atom. The molecule has 2 aromatic heterocycles. The number of likely N-dealkylation sites (tertiary alicyclic amines) is 1. The van der Waals surface area contributed by atoms with Gasteiger partial charge < -0.3 is 9.42 Å². The van der Waals surface area contributed by atoms with E-state index in [9.17, 15) is 4.79 Å². The molecular weight excluding hydrogens is 412 g/mol. The summed E-state index contributed by atoms with van der Waals surface area (Å²) in [5.41, 5.74) is 5.53. The fourth-order valence-corrected chi connectivity index (χ4v) is 4.35. The first-order valence-electron chi connectivity index (χ1n) is 11.3. The number of piperidine rings is 1. The number of amides is 1. The van der Waals surface area contributed by atoms with Gasteiger partial charge >= 0.3 is 0 Å². The van der Waals surface area contributed by atoms with Crippen LogP contribution in [0.3, 0.4) is 0 Å². The minimum Gasteiger partial charge on any atom is -0.356 e. The number of rotatable bonds is 4. The summed E-state index contributed by atoms with van der Waals surface area (Å²) >= 11 is 0. The summed E-state index contributed by atoms with van der Waals surface area (Å²) in [6, 6.07) is 19.7. The third kappa shape index (κ3) is 4.42. The summed E-state index contributed by atoms with van der Waals surface area (Å²) in [7, 11) is 0. The highest BCUT2D eigenvalue weighted by Gasteiger charge is 2.28. The Hall–Kier alpha value is -3.80. The van der Waals surface area contributed by atoms with Crippen LogP contribution in [0, 0.1) is 13.8 Å². The molecule has 166 valence electrons. The number of hydrogen-bond donors (Lipinski definition) is 0. The fourth-order valence-electron chi connectivity index (χ4n) is 4.35. The van der Waals surface area contributed by atoms with Crippen LogP contribution in [-0.2, 0) is 0 Å². The van der Waals surface area contributed by atoms with Crippen molar-refractivity contribution in [2.45, 2.75) is 32.6 Å². The summed E-state index contributed by atoms with van der Waals surface area (Å²) in [6.45, 7) is 5.31. The SMILES string of the molecule is Cc1ccc(C(=O)N2CCC(c3nc(-c4ccccc4)ncc3-c3cc(C)no3)CC2)cc1. The number of hydrogen-bond acceptors (Lipinski definition) is 5. The molecule has 5 rings (SSSR count). The molecule has 1 aliphatic rings. The van der Waals surface area contributed by atoms with Crippen LogP contribution in [0.1, 0.15) is 46.1 Å². The van der Waals surface area contributed by atoms with Gasteiger partial charge in [0.05, 0.1) is 17.0 Å². The zero-order valence-corrected chi connectivity index (χ0v) is 18.9. The van der Waals surface area contributed by atoms with E-state index in [2.05, 4.69) is 10.1 Å². The summed E-state index contributed by atoms with van der Waals surface area (Å²) < 4.78 is 5.56. The Morgan fingerprint density at radius 1 is 1.00 bits per heavy atom. The summed E-state index contributed by atoms with van der Waals surface area (Å²) in [6.07, 6.45) is 3.51. The van der Waals surface area contributed by atoms with Crippen molar-refractivity contribution < 1.29 is 9.32 Å². The van der Waals surface area contributed by atoms with Gasteiger partial charge in [-0.2, -0.15) is 0 Å². The maximum Gasteiger partial charge on any atom is 0.253 e. The molecule has 2 aromatic carbocycles. The van der Waals surface area contributed by atoms with Crippen LogP contribution in [0.2, 0.25) is 0 Å². The molecule has 0 radical (unpaired) electrons. The van der Waals surface area contributed by atoms with Crippen molar-refractivity contribution in [2.75, 3.05) is 13.1 Å². The molecule has 0 N–H and O–H groups in total. The molecule has 0 atom stereocenters. The Bertz CT molecular complexity index is 1260. The molecule has 1 fully saturated rings. The van der Waals surface area contributed by atoms with E-state index in [4.69, 9.17) is 9.51 Å². The predicted octanol–water partition coefficient (Wildman–Crippen LogP) is 5.44. The van der Waals surface area contributed by atoms with Crippen LogP contribution in [0.25, 0.3) is 22.7 Å². The van der Waals surface area contributed by atoms with E-state index >= 15 is 0 Å². The minimum atomic E-state index is 0.0900. The standard InChI is InChI=1S/C27H26N4O2/c1-18-8-10-22(11-9-18)27(32)31-14-12-20(13-15-31)25-23(24-16-19(2)30-33-24)17-28-26(29-25)21-6-4-3-5-7-21/h3-11,16-17,20H,12-15H2,1-2H3. The first-order valence-corrected chi connectivity index (χ1v) is 11.3. The third-order valence-electron chi connectivity index (χ3n) is 6.21. The van der Waals surface area contributed by atoms with Gasteiger partial charge in [0.1, 0.15) is 0 Å². The quantitative estimate of drug-likeness (QED) is 0.424. The molecule has 33 heavy (non-hydrogen) atoms. The Kier molecular flexibility index (Phi) is 5.73. The van der Waals surface area contributed by atoms with Crippen molar-refractivity contribution in [3.8, 4) is 22.7 Å². The molecule has 0 unspecified atom stereocenters. The number of nitrogens with zero attached hydrogens (tertiary/aromatic N) is 4. The highest BCUT2D eigenvalue weighted by molar-refractivity contribution is 5.94. The maximum atomic E-state index is 13.0. The van der Waals surface area contributed by atoms with E-state index in [1.807, 2.05) is 85.6 Å². The molecule has 3 heterocycles. The van der Waals surface area contributed by atoms with Crippen LogP contribution < -0.4 is 0 Å². The van der Waals surface area contributed by atoms with Crippen LogP contribution in [-0.4, -0.2) is 39.0 Å². The van der Waals surface area contributed by atoms with Gasteiger partial charge in [-0.05, 0) is 38.8 Å². The van der Waals surface area contributed by atoms with Gasteiger partial charge in [-0.1, -0.05) is 53.2 Å². The zero-order valence-electron chi connectivity index (χ0n) is 18.9. The summed E-state index contributed by atoms with van der Waals surface area (Å²) in [4.78, 5) is 24.5. The van der Waals surface area contributed by atoms with Crippen LogP contribution in [0.5, 0.6) is 0 Å².